The number of carbonyl (C=O) groups is 1. The first-order chi connectivity index (χ1) is 10.9. The Labute approximate surface area is 140 Å². The molecule has 0 bridgehead atoms. The number of carbonyl (C=O) groups excluding carboxylic acids is 1. The topological polar surface area (TPSA) is 37.3 Å². The highest BCUT2D eigenvalue weighted by molar-refractivity contribution is 5.95. The van der Waals surface area contributed by atoms with E-state index < -0.39 is 0 Å². The fraction of sp³-hybridized carbons (Fsp3) is 0.762. The summed E-state index contributed by atoms with van der Waals surface area (Å²) < 4.78 is 0. The Bertz CT molecular complexity index is 601. The van der Waals surface area contributed by atoms with Crippen LogP contribution in [0.15, 0.2) is 23.3 Å². The van der Waals surface area contributed by atoms with E-state index in [9.17, 15) is 9.90 Å². The van der Waals surface area contributed by atoms with Crippen LogP contribution < -0.4 is 0 Å². The molecule has 0 radical (unpaired) electrons. The van der Waals surface area contributed by atoms with Crippen LogP contribution in [0.4, 0.5) is 0 Å². The van der Waals surface area contributed by atoms with Gasteiger partial charge >= 0.3 is 0 Å². The molecule has 0 aromatic rings. The maximum atomic E-state index is 12.1. The molecule has 0 spiro atoms. The van der Waals surface area contributed by atoms with E-state index in [1.165, 1.54) is 12.0 Å². The third-order valence-electron chi connectivity index (χ3n) is 8.04. The minimum absolute atomic E-state index is 0.114. The van der Waals surface area contributed by atoms with E-state index in [0.29, 0.717) is 17.3 Å². The lowest BCUT2D eigenvalue weighted by Crippen LogP contribution is -2.50. The molecule has 0 aromatic heterocycles. The molecule has 2 fully saturated rings. The van der Waals surface area contributed by atoms with Crippen LogP contribution in [0.5, 0.6) is 0 Å². The van der Waals surface area contributed by atoms with Gasteiger partial charge in [-0.2, -0.15) is 0 Å². The fourth-order valence-electron chi connectivity index (χ4n) is 6.75. The van der Waals surface area contributed by atoms with Crippen molar-refractivity contribution in [1.29, 1.82) is 0 Å². The molecule has 0 saturated heterocycles. The summed E-state index contributed by atoms with van der Waals surface area (Å²) in [5.41, 5.74) is 3.05. The zero-order chi connectivity index (χ0) is 16.4. The van der Waals surface area contributed by atoms with E-state index in [4.69, 9.17) is 0 Å². The van der Waals surface area contributed by atoms with Gasteiger partial charge in [0.15, 0.2) is 5.78 Å². The number of hydrogen-bond donors (Lipinski definition) is 1. The predicted molar refractivity (Wildman–Crippen MR) is 91.9 cm³/mol. The van der Waals surface area contributed by atoms with E-state index in [1.54, 1.807) is 6.92 Å². The van der Waals surface area contributed by atoms with E-state index in [0.717, 1.165) is 50.0 Å². The van der Waals surface area contributed by atoms with Crippen LogP contribution in [0.3, 0.4) is 0 Å². The number of rotatable bonds is 1. The van der Waals surface area contributed by atoms with Gasteiger partial charge in [-0.1, -0.05) is 31.6 Å². The van der Waals surface area contributed by atoms with Gasteiger partial charge in [-0.25, -0.2) is 0 Å². The maximum absolute atomic E-state index is 12.1. The number of Topliss-reactive ketones (excluding diaryl/α,β-unsaturated/α-hetero) is 1. The SMILES string of the molecule is CC(=O)C1=CC[C@H]2[C@@H]3CC=C4C[C@H](O)CC[C@]4(C)[C@H]3CC[C@]12C. The summed E-state index contributed by atoms with van der Waals surface area (Å²) in [6.07, 6.45) is 12.2. The van der Waals surface area contributed by atoms with Gasteiger partial charge in [-0.05, 0) is 86.0 Å². The van der Waals surface area contributed by atoms with Gasteiger partial charge in [0.1, 0.15) is 0 Å². The molecule has 0 aliphatic heterocycles. The quantitative estimate of drug-likeness (QED) is 0.727. The number of aliphatic hydroxyl groups excluding tert-OH is 1. The van der Waals surface area contributed by atoms with Crippen LogP contribution in [0.1, 0.15) is 65.7 Å². The highest BCUT2D eigenvalue weighted by Gasteiger charge is 2.57. The molecule has 4 rings (SSSR count). The molecule has 2 heteroatoms. The van der Waals surface area contributed by atoms with E-state index in [1.807, 2.05) is 0 Å². The second-order valence-electron chi connectivity index (χ2n) is 9.02. The molecule has 23 heavy (non-hydrogen) atoms. The highest BCUT2D eigenvalue weighted by Crippen LogP contribution is 2.64. The lowest BCUT2D eigenvalue weighted by Gasteiger charge is -2.57. The molecule has 0 unspecified atom stereocenters. The Morgan fingerprint density at radius 1 is 1.09 bits per heavy atom. The minimum Gasteiger partial charge on any atom is -0.393 e. The largest absolute Gasteiger partial charge is 0.393 e. The van der Waals surface area contributed by atoms with Gasteiger partial charge in [0.25, 0.3) is 0 Å². The second kappa shape index (κ2) is 5.05. The van der Waals surface area contributed by atoms with E-state index in [2.05, 4.69) is 26.0 Å². The summed E-state index contributed by atoms with van der Waals surface area (Å²) >= 11 is 0. The van der Waals surface area contributed by atoms with Crippen molar-refractivity contribution in [3.05, 3.63) is 23.3 Å². The van der Waals surface area contributed by atoms with Crippen LogP contribution in [-0.4, -0.2) is 17.0 Å². The molecule has 0 amide bonds. The molecule has 1 N–H and O–H groups in total. The summed E-state index contributed by atoms with van der Waals surface area (Å²) in [5, 5.41) is 10.1. The molecule has 0 heterocycles. The summed E-state index contributed by atoms with van der Waals surface area (Å²) in [6, 6.07) is 0. The molecule has 2 nitrogen and oxygen atoms in total. The Morgan fingerprint density at radius 2 is 1.83 bits per heavy atom. The Hall–Kier alpha value is -0.890. The van der Waals surface area contributed by atoms with Crippen LogP contribution in [0, 0.1) is 28.6 Å². The number of fused-ring (bicyclic) bond motifs is 5. The zero-order valence-electron chi connectivity index (χ0n) is 14.8. The maximum Gasteiger partial charge on any atom is 0.156 e. The van der Waals surface area contributed by atoms with Gasteiger partial charge in [0.2, 0.25) is 0 Å². The average Bonchev–Trinajstić information content (AvgIpc) is 2.85. The van der Waals surface area contributed by atoms with Gasteiger partial charge < -0.3 is 5.11 Å². The second-order valence-corrected chi connectivity index (χ2v) is 9.02. The molecule has 126 valence electrons. The fourth-order valence-corrected chi connectivity index (χ4v) is 6.75. The van der Waals surface area contributed by atoms with Crippen molar-refractivity contribution >= 4 is 5.78 Å². The van der Waals surface area contributed by atoms with Crippen molar-refractivity contribution in [2.24, 2.45) is 28.6 Å². The predicted octanol–water partition coefficient (Wildman–Crippen LogP) is 4.44. The van der Waals surface area contributed by atoms with Crippen molar-refractivity contribution in [1.82, 2.24) is 0 Å². The number of hydrogen-bond acceptors (Lipinski definition) is 2. The van der Waals surface area contributed by atoms with Gasteiger partial charge in [-0.3, -0.25) is 4.79 Å². The van der Waals surface area contributed by atoms with Crippen LogP contribution in [0.2, 0.25) is 0 Å². The van der Waals surface area contributed by atoms with Crippen LogP contribution in [-0.2, 0) is 4.79 Å². The first kappa shape index (κ1) is 15.6. The lowest BCUT2D eigenvalue weighted by atomic mass is 9.47. The Morgan fingerprint density at radius 3 is 2.57 bits per heavy atom. The smallest absolute Gasteiger partial charge is 0.156 e. The number of allylic oxidation sites excluding steroid dienone is 3. The van der Waals surface area contributed by atoms with Crippen molar-refractivity contribution < 1.29 is 9.90 Å². The monoisotopic (exact) mass is 314 g/mol. The van der Waals surface area contributed by atoms with Crippen molar-refractivity contribution in [3.8, 4) is 0 Å². The zero-order valence-corrected chi connectivity index (χ0v) is 14.8. The standard InChI is InChI=1S/C21H30O2/c1-13(22)17-6-7-18-16-5-4-14-12-15(23)8-10-20(14,2)19(16)9-11-21(17,18)3/h4,6,15-16,18-19,23H,5,7-12H2,1-3H3/t15-,16+,18+,19+,20+,21-/m1/s1. The van der Waals surface area contributed by atoms with Crippen molar-refractivity contribution in [3.63, 3.8) is 0 Å². The molecule has 4 aliphatic rings. The number of ketones is 1. The Balaban J connectivity index is 1.67. The first-order valence-corrected chi connectivity index (χ1v) is 9.45. The normalized spacial score (nSPS) is 48.7. The van der Waals surface area contributed by atoms with Crippen molar-refractivity contribution in [2.45, 2.75) is 71.8 Å². The van der Waals surface area contributed by atoms with Gasteiger partial charge in [0.05, 0.1) is 6.10 Å². The molecule has 2 saturated carbocycles. The molecular weight excluding hydrogens is 284 g/mol. The van der Waals surface area contributed by atoms with Crippen LogP contribution in [0.25, 0.3) is 0 Å². The average molecular weight is 314 g/mol. The van der Waals surface area contributed by atoms with E-state index >= 15 is 0 Å². The van der Waals surface area contributed by atoms with Gasteiger partial charge in [-0.15, -0.1) is 0 Å². The molecule has 0 aromatic carbocycles. The summed E-state index contributed by atoms with van der Waals surface area (Å²) in [7, 11) is 0. The number of aliphatic hydroxyl groups is 1. The molecule has 4 aliphatic carbocycles. The summed E-state index contributed by atoms with van der Waals surface area (Å²) in [6.45, 7) is 6.55. The third-order valence-corrected chi connectivity index (χ3v) is 8.04. The third kappa shape index (κ3) is 2.06. The summed E-state index contributed by atoms with van der Waals surface area (Å²) in [5.74, 6) is 2.38. The van der Waals surface area contributed by atoms with Gasteiger partial charge in [0, 0.05) is 0 Å². The highest BCUT2D eigenvalue weighted by atomic mass is 16.3. The lowest BCUT2D eigenvalue weighted by molar-refractivity contribution is -0.115. The molecule has 6 atom stereocenters. The van der Waals surface area contributed by atoms with Crippen molar-refractivity contribution in [2.75, 3.05) is 0 Å². The minimum atomic E-state index is -0.128. The summed E-state index contributed by atoms with van der Waals surface area (Å²) in [4.78, 5) is 12.1. The molecular formula is C21H30O2. The van der Waals surface area contributed by atoms with E-state index in [-0.39, 0.29) is 17.3 Å². The Kier molecular flexibility index (Phi) is 3.43. The van der Waals surface area contributed by atoms with Crippen LogP contribution >= 0.6 is 0 Å². The first-order valence-electron chi connectivity index (χ1n) is 9.45.